The highest BCUT2D eigenvalue weighted by Gasteiger charge is 2.45. The molecule has 2 unspecified atom stereocenters. The minimum Gasteiger partial charge on any atom is -0.481 e. The lowest BCUT2D eigenvalue weighted by molar-refractivity contribution is -0.138. The molecule has 1 fully saturated rings. The molecule has 1 aromatic rings. The summed E-state index contributed by atoms with van der Waals surface area (Å²) in [5, 5.41) is 11.6. The van der Waals surface area contributed by atoms with Crippen molar-refractivity contribution in [2.45, 2.75) is 19.3 Å². The van der Waals surface area contributed by atoms with E-state index in [0.29, 0.717) is 0 Å². The first-order valence-corrected chi connectivity index (χ1v) is 4.71. The van der Waals surface area contributed by atoms with Gasteiger partial charge in [0.05, 0.1) is 10.9 Å². The van der Waals surface area contributed by atoms with Crippen LogP contribution in [0.4, 0.5) is 0 Å². The van der Waals surface area contributed by atoms with Gasteiger partial charge in [0.1, 0.15) is 0 Å². The van der Waals surface area contributed by atoms with Crippen molar-refractivity contribution in [2.75, 3.05) is 0 Å². The largest absolute Gasteiger partial charge is 0.481 e. The summed E-state index contributed by atoms with van der Waals surface area (Å²) in [6.45, 7) is 1.93. The van der Waals surface area contributed by atoms with Gasteiger partial charge in [0.15, 0.2) is 0 Å². The molecule has 1 N–H and O–H groups in total. The number of hydrogen-bond acceptors (Lipinski definition) is 3. The first-order valence-electron chi connectivity index (χ1n) is 3.83. The molecule has 0 aliphatic heterocycles. The fourth-order valence-electron chi connectivity index (χ4n) is 1.28. The average molecular weight is 183 g/mol. The average Bonchev–Trinajstić information content (AvgIpc) is 2.70. The summed E-state index contributed by atoms with van der Waals surface area (Å²) in [7, 11) is 0. The van der Waals surface area contributed by atoms with Crippen LogP contribution in [0.3, 0.4) is 0 Å². The van der Waals surface area contributed by atoms with Gasteiger partial charge >= 0.3 is 5.97 Å². The number of thiazole rings is 1. The van der Waals surface area contributed by atoms with Crippen molar-refractivity contribution in [2.24, 2.45) is 5.92 Å². The highest BCUT2D eigenvalue weighted by atomic mass is 32.1. The van der Waals surface area contributed by atoms with E-state index in [1.165, 1.54) is 0 Å². The quantitative estimate of drug-likeness (QED) is 0.758. The van der Waals surface area contributed by atoms with Crippen LogP contribution in [0.25, 0.3) is 0 Å². The highest BCUT2D eigenvalue weighted by Crippen LogP contribution is 2.48. The van der Waals surface area contributed by atoms with Gasteiger partial charge in [-0.05, 0) is 13.3 Å². The zero-order valence-electron chi connectivity index (χ0n) is 6.65. The fraction of sp³-hybridized carbons (Fsp3) is 0.500. The van der Waals surface area contributed by atoms with Crippen LogP contribution < -0.4 is 0 Å². The van der Waals surface area contributed by atoms with Crippen LogP contribution in [0.2, 0.25) is 0 Å². The van der Waals surface area contributed by atoms with Gasteiger partial charge in [-0.25, -0.2) is 4.98 Å². The summed E-state index contributed by atoms with van der Waals surface area (Å²) < 4.78 is 0. The van der Waals surface area contributed by atoms with Gasteiger partial charge in [0, 0.05) is 17.0 Å². The molecule has 0 bridgehead atoms. The highest BCUT2D eigenvalue weighted by molar-refractivity contribution is 7.09. The molecule has 1 aromatic heterocycles. The zero-order chi connectivity index (χ0) is 8.72. The number of aromatic nitrogens is 1. The molecule has 4 heteroatoms. The molecular formula is C8H9NO2S. The minimum atomic E-state index is -0.687. The van der Waals surface area contributed by atoms with Crippen LogP contribution in [0.5, 0.6) is 0 Å². The Kier molecular flexibility index (Phi) is 1.65. The Bertz CT molecular complexity index is 321. The van der Waals surface area contributed by atoms with Gasteiger partial charge in [0.2, 0.25) is 0 Å². The second kappa shape index (κ2) is 2.55. The predicted molar refractivity (Wildman–Crippen MR) is 45.3 cm³/mol. The molecule has 1 saturated carbocycles. The van der Waals surface area contributed by atoms with Crippen molar-refractivity contribution in [1.29, 1.82) is 0 Å². The van der Waals surface area contributed by atoms with E-state index in [0.717, 1.165) is 17.1 Å². The zero-order valence-corrected chi connectivity index (χ0v) is 7.47. The molecule has 64 valence electrons. The number of aryl methyl sites for hydroxylation is 1. The van der Waals surface area contributed by atoms with Crippen LogP contribution >= 0.6 is 11.3 Å². The fourth-order valence-corrected chi connectivity index (χ4v) is 2.26. The van der Waals surface area contributed by atoms with E-state index in [9.17, 15) is 4.79 Å². The SMILES string of the molecule is Cc1csc(C2CC2C(=O)O)n1. The molecule has 1 aliphatic rings. The molecule has 1 aliphatic carbocycles. The maximum Gasteiger partial charge on any atom is 0.307 e. The summed E-state index contributed by atoms with van der Waals surface area (Å²) in [4.78, 5) is 14.8. The Morgan fingerprint density at radius 1 is 1.83 bits per heavy atom. The van der Waals surface area contributed by atoms with Gasteiger partial charge < -0.3 is 5.11 Å². The van der Waals surface area contributed by atoms with E-state index in [-0.39, 0.29) is 11.8 Å². The van der Waals surface area contributed by atoms with Crippen LogP contribution in [0.15, 0.2) is 5.38 Å². The molecular weight excluding hydrogens is 174 g/mol. The number of carboxylic acids is 1. The first kappa shape index (κ1) is 7.73. The van der Waals surface area contributed by atoms with Crippen LogP contribution in [-0.4, -0.2) is 16.1 Å². The van der Waals surface area contributed by atoms with Crippen molar-refractivity contribution in [3.8, 4) is 0 Å². The Morgan fingerprint density at radius 3 is 3.00 bits per heavy atom. The van der Waals surface area contributed by atoms with Crippen molar-refractivity contribution >= 4 is 17.3 Å². The third-order valence-corrected chi connectivity index (χ3v) is 3.16. The molecule has 1 heterocycles. The van der Waals surface area contributed by atoms with Crippen molar-refractivity contribution in [3.05, 3.63) is 16.1 Å². The van der Waals surface area contributed by atoms with Gasteiger partial charge in [-0.3, -0.25) is 4.79 Å². The molecule has 0 aromatic carbocycles. The van der Waals surface area contributed by atoms with E-state index >= 15 is 0 Å². The molecule has 0 spiro atoms. The van der Waals surface area contributed by atoms with E-state index in [2.05, 4.69) is 4.98 Å². The molecule has 0 saturated heterocycles. The van der Waals surface area contributed by atoms with Crippen LogP contribution in [0, 0.1) is 12.8 Å². The van der Waals surface area contributed by atoms with Crippen LogP contribution in [-0.2, 0) is 4.79 Å². The molecule has 12 heavy (non-hydrogen) atoms. The molecule has 0 radical (unpaired) electrons. The lowest BCUT2D eigenvalue weighted by atomic mass is 10.3. The van der Waals surface area contributed by atoms with Gasteiger partial charge in [-0.15, -0.1) is 11.3 Å². The van der Waals surface area contributed by atoms with Crippen molar-refractivity contribution < 1.29 is 9.90 Å². The first-order chi connectivity index (χ1) is 5.68. The number of hydrogen-bond donors (Lipinski definition) is 1. The molecule has 3 nitrogen and oxygen atoms in total. The van der Waals surface area contributed by atoms with Gasteiger partial charge in [-0.2, -0.15) is 0 Å². The monoisotopic (exact) mass is 183 g/mol. The minimum absolute atomic E-state index is 0.171. The number of aliphatic carboxylic acids is 1. The van der Waals surface area contributed by atoms with Crippen molar-refractivity contribution in [3.63, 3.8) is 0 Å². The van der Waals surface area contributed by atoms with Gasteiger partial charge in [-0.1, -0.05) is 0 Å². The van der Waals surface area contributed by atoms with Crippen molar-refractivity contribution in [1.82, 2.24) is 4.98 Å². The Hall–Kier alpha value is -0.900. The Morgan fingerprint density at radius 2 is 2.58 bits per heavy atom. The number of carboxylic acid groups (broad SMARTS) is 1. The maximum absolute atomic E-state index is 10.5. The summed E-state index contributed by atoms with van der Waals surface area (Å²) in [5.74, 6) is -0.662. The number of rotatable bonds is 2. The van der Waals surface area contributed by atoms with E-state index in [4.69, 9.17) is 5.11 Å². The lowest BCUT2D eigenvalue weighted by Crippen LogP contribution is -1.98. The van der Waals surface area contributed by atoms with Gasteiger partial charge in [0.25, 0.3) is 0 Å². The second-order valence-corrected chi connectivity index (χ2v) is 4.00. The summed E-state index contributed by atoms with van der Waals surface area (Å²) in [6.07, 6.45) is 0.766. The predicted octanol–water partition coefficient (Wildman–Crippen LogP) is 1.64. The lowest BCUT2D eigenvalue weighted by Gasteiger charge is -1.88. The third-order valence-electron chi connectivity index (χ3n) is 2.06. The third kappa shape index (κ3) is 1.22. The van der Waals surface area contributed by atoms with E-state index in [1.54, 1.807) is 11.3 Å². The topological polar surface area (TPSA) is 50.2 Å². The maximum atomic E-state index is 10.5. The molecule has 2 rings (SSSR count). The summed E-state index contributed by atoms with van der Waals surface area (Å²) >= 11 is 1.57. The summed E-state index contributed by atoms with van der Waals surface area (Å²) in [5.41, 5.74) is 0.992. The smallest absolute Gasteiger partial charge is 0.307 e. The Balaban J connectivity index is 2.10. The van der Waals surface area contributed by atoms with E-state index < -0.39 is 5.97 Å². The standard InChI is InChI=1S/C8H9NO2S/c1-4-3-12-7(9-4)5-2-6(5)8(10)11/h3,5-6H,2H2,1H3,(H,10,11). The number of nitrogens with zero attached hydrogens (tertiary/aromatic N) is 1. The van der Waals surface area contributed by atoms with Crippen LogP contribution in [0.1, 0.15) is 23.0 Å². The second-order valence-electron chi connectivity index (χ2n) is 3.11. The normalized spacial score (nSPS) is 27.1. The number of carbonyl (C=O) groups is 1. The van der Waals surface area contributed by atoms with E-state index in [1.807, 2.05) is 12.3 Å². The molecule has 0 amide bonds. The Labute approximate surface area is 74.1 Å². The molecule has 2 atom stereocenters. The summed E-state index contributed by atoms with van der Waals surface area (Å²) in [6, 6.07) is 0.